The molecule has 0 radical (unpaired) electrons. The lowest BCUT2D eigenvalue weighted by Crippen LogP contribution is -2.39. The molecule has 1 aromatic rings. The van der Waals surface area contributed by atoms with Crippen molar-refractivity contribution < 1.29 is 4.74 Å². The largest absolute Gasteiger partial charge is 0.379 e. The van der Waals surface area contributed by atoms with Crippen LogP contribution in [0.2, 0.25) is 0 Å². The van der Waals surface area contributed by atoms with Crippen LogP contribution in [0.15, 0.2) is 30.3 Å². The molecule has 1 aliphatic rings. The first-order chi connectivity index (χ1) is 8.79. The van der Waals surface area contributed by atoms with Gasteiger partial charge in [0.25, 0.3) is 0 Å². The number of benzene rings is 1. The lowest BCUT2D eigenvalue weighted by molar-refractivity contribution is 0.173. The molecule has 1 heterocycles. The van der Waals surface area contributed by atoms with Crippen LogP contribution in [0.3, 0.4) is 0 Å². The number of hydrogen-bond donors (Lipinski definition) is 1. The summed E-state index contributed by atoms with van der Waals surface area (Å²) in [5.41, 5.74) is 1.41. The van der Waals surface area contributed by atoms with Crippen LogP contribution >= 0.6 is 0 Å². The molecule has 1 aromatic carbocycles. The monoisotopic (exact) mass is 248 g/mol. The van der Waals surface area contributed by atoms with Gasteiger partial charge in [-0.3, -0.25) is 0 Å². The second-order valence-corrected chi connectivity index (χ2v) is 5.19. The zero-order chi connectivity index (χ0) is 12.8. The van der Waals surface area contributed by atoms with Gasteiger partial charge in [-0.15, -0.1) is 0 Å². The molecule has 1 fully saturated rings. The summed E-state index contributed by atoms with van der Waals surface area (Å²) in [5.74, 6) is 0.621. The molecule has 2 atom stereocenters. The Hall–Kier alpha value is -0.900. The van der Waals surface area contributed by atoms with Gasteiger partial charge in [-0.25, -0.2) is 0 Å². The molecular formula is C15H24N2O. The molecule has 1 N–H and O–H groups in total. The zero-order valence-corrected chi connectivity index (χ0v) is 11.4. The highest BCUT2D eigenvalue weighted by atomic mass is 16.5. The summed E-state index contributed by atoms with van der Waals surface area (Å²) < 4.78 is 5.54. The molecule has 2 unspecified atom stereocenters. The van der Waals surface area contributed by atoms with Gasteiger partial charge >= 0.3 is 0 Å². The summed E-state index contributed by atoms with van der Waals surface area (Å²) >= 11 is 0. The van der Waals surface area contributed by atoms with Crippen molar-refractivity contribution in [2.75, 3.05) is 40.4 Å². The van der Waals surface area contributed by atoms with Crippen LogP contribution in [0.5, 0.6) is 0 Å². The van der Waals surface area contributed by atoms with Crippen molar-refractivity contribution in [2.45, 2.75) is 12.5 Å². The van der Waals surface area contributed by atoms with Crippen LogP contribution in [-0.4, -0.2) is 51.3 Å². The van der Waals surface area contributed by atoms with Crippen molar-refractivity contribution in [2.24, 2.45) is 5.92 Å². The second-order valence-electron chi connectivity index (χ2n) is 5.19. The molecule has 1 aliphatic heterocycles. The molecule has 100 valence electrons. The second kappa shape index (κ2) is 6.88. The first-order valence-electron chi connectivity index (χ1n) is 6.77. The van der Waals surface area contributed by atoms with Gasteiger partial charge < -0.3 is 15.0 Å². The van der Waals surface area contributed by atoms with Crippen LogP contribution in [0.1, 0.15) is 5.56 Å². The number of ether oxygens (including phenoxy) is 1. The number of hydrogen-bond acceptors (Lipinski definition) is 3. The van der Waals surface area contributed by atoms with Crippen molar-refractivity contribution in [1.82, 2.24) is 10.2 Å². The van der Waals surface area contributed by atoms with Gasteiger partial charge in [0.2, 0.25) is 0 Å². The molecule has 0 amide bonds. The van der Waals surface area contributed by atoms with Gasteiger partial charge in [-0.2, -0.15) is 0 Å². The van der Waals surface area contributed by atoms with Gasteiger partial charge in [0.1, 0.15) is 0 Å². The number of likely N-dealkylation sites (N-methyl/N-ethyl adjacent to an activating group) is 2. The molecule has 1 saturated heterocycles. The van der Waals surface area contributed by atoms with Crippen molar-refractivity contribution in [1.29, 1.82) is 0 Å². The predicted octanol–water partition coefficient (Wildman–Crippen LogP) is 1.40. The Kier molecular flexibility index (Phi) is 5.17. The van der Waals surface area contributed by atoms with E-state index < -0.39 is 0 Å². The smallest absolute Gasteiger partial charge is 0.0623 e. The molecule has 0 bridgehead atoms. The summed E-state index contributed by atoms with van der Waals surface area (Å²) in [5, 5.41) is 3.34. The average Bonchev–Trinajstić information content (AvgIpc) is 2.85. The molecule has 3 nitrogen and oxygen atoms in total. The van der Waals surface area contributed by atoms with Crippen molar-refractivity contribution >= 4 is 0 Å². The molecule has 0 saturated carbocycles. The maximum atomic E-state index is 5.54. The average molecular weight is 248 g/mol. The van der Waals surface area contributed by atoms with Gasteiger partial charge in [0.05, 0.1) is 13.2 Å². The quantitative estimate of drug-likeness (QED) is 0.823. The van der Waals surface area contributed by atoms with E-state index in [0.717, 1.165) is 32.7 Å². The first kappa shape index (κ1) is 13.5. The van der Waals surface area contributed by atoms with Crippen LogP contribution < -0.4 is 5.32 Å². The van der Waals surface area contributed by atoms with Crippen LogP contribution in [0.4, 0.5) is 0 Å². The van der Waals surface area contributed by atoms with Crippen LogP contribution in [-0.2, 0) is 11.2 Å². The maximum Gasteiger partial charge on any atom is 0.0623 e. The highest BCUT2D eigenvalue weighted by Crippen LogP contribution is 2.14. The van der Waals surface area contributed by atoms with E-state index in [4.69, 9.17) is 4.74 Å². The first-order valence-corrected chi connectivity index (χ1v) is 6.77. The van der Waals surface area contributed by atoms with E-state index in [1.165, 1.54) is 5.56 Å². The Balaban J connectivity index is 1.73. The normalized spacial score (nSPS) is 23.7. The third-order valence-electron chi connectivity index (χ3n) is 3.74. The summed E-state index contributed by atoms with van der Waals surface area (Å²) in [6, 6.07) is 11.2. The topological polar surface area (TPSA) is 24.5 Å². The fourth-order valence-electron chi connectivity index (χ4n) is 2.55. The van der Waals surface area contributed by atoms with Crippen molar-refractivity contribution in [3.63, 3.8) is 0 Å². The molecule has 18 heavy (non-hydrogen) atoms. The summed E-state index contributed by atoms with van der Waals surface area (Å²) in [6.07, 6.45) is 1.12. The Labute approximate surface area is 110 Å². The van der Waals surface area contributed by atoms with Gasteiger partial charge in [-0.1, -0.05) is 30.3 Å². The Morgan fingerprint density at radius 3 is 2.78 bits per heavy atom. The fraction of sp³-hybridized carbons (Fsp3) is 0.600. The highest BCUT2D eigenvalue weighted by Gasteiger charge is 2.27. The third-order valence-corrected chi connectivity index (χ3v) is 3.74. The van der Waals surface area contributed by atoms with E-state index in [1.807, 2.05) is 7.05 Å². The molecule has 0 spiro atoms. The van der Waals surface area contributed by atoms with E-state index in [0.29, 0.717) is 12.0 Å². The SMILES string of the molecule is CNC1COCC1CN(C)CCc1ccccc1. The van der Waals surface area contributed by atoms with Gasteiger partial charge in [-0.05, 0) is 26.1 Å². The maximum absolute atomic E-state index is 5.54. The minimum Gasteiger partial charge on any atom is -0.379 e. The predicted molar refractivity (Wildman–Crippen MR) is 74.8 cm³/mol. The Morgan fingerprint density at radius 1 is 1.28 bits per heavy atom. The molecule has 3 heteroatoms. The van der Waals surface area contributed by atoms with E-state index >= 15 is 0 Å². The summed E-state index contributed by atoms with van der Waals surface area (Å²) in [7, 11) is 4.23. The molecule has 0 aliphatic carbocycles. The van der Waals surface area contributed by atoms with Crippen LogP contribution in [0.25, 0.3) is 0 Å². The summed E-state index contributed by atoms with van der Waals surface area (Å²) in [4.78, 5) is 2.41. The standard InChI is InChI=1S/C15H24N2O/c1-16-15-12-18-11-14(15)10-17(2)9-8-13-6-4-3-5-7-13/h3-7,14-16H,8-12H2,1-2H3. The van der Waals surface area contributed by atoms with Gasteiger partial charge in [0, 0.05) is 25.0 Å². The van der Waals surface area contributed by atoms with Crippen molar-refractivity contribution in [3.05, 3.63) is 35.9 Å². The molecule has 2 rings (SSSR count). The number of nitrogens with zero attached hydrogens (tertiary/aromatic N) is 1. The Bertz CT molecular complexity index is 342. The Morgan fingerprint density at radius 2 is 2.06 bits per heavy atom. The molecule has 0 aromatic heterocycles. The number of nitrogens with one attached hydrogen (secondary N) is 1. The van der Waals surface area contributed by atoms with Crippen molar-refractivity contribution in [3.8, 4) is 0 Å². The lowest BCUT2D eigenvalue weighted by Gasteiger charge is -2.23. The van der Waals surface area contributed by atoms with E-state index in [2.05, 4.69) is 47.6 Å². The fourth-order valence-corrected chi connectivity index (χ4v) is 2.55. The van der Waals surface area contributed by atoms with E-state index in [1.54, 1.807) is 0 Å². The van der Waals surface area contributed by atoms with Gasteiger partial charge in [0.15, 0.2) is 0 Å². The third kappa shape index (κ3) is 3.80. The minimum atomic E-state index is 0.518. The number of rotatable bonds is 6. The summed E-state index contributed by atoms with van der Waals surface area (Å²) in [6.45, 7) is 3.96. The zero-order valence-electron chi connectivity index (χ0n) is 11.4. The van der Waals surface area contributed by atoms with E-state index in [-0.39, 0.29) is 0 Å². The lowest BCUT2D eigenvalue weighted by atomic mass is 10.0. The van der Waals surface area contributed by atoms with Crippen LogP contribution in [0, 0.1) is 5.92 Å². The van der Waals surface area contributed by atoms with E-state index in [9.17, 15) is 0 Å². The minimum absolute atomic E-state index is 0.518. The highest BCUT2D eigenvalue weighted by molar-refractivity contribution is 5.14. The molecular weight excluding hydrogens is 224 g/mol.